The van der Waals surface area contributed by atoms with E-state index in [0.717, 1.165) is 16.7 Å². The van der Waals surface area contributed by atoms with Gasteiger partial charge in [0.05, 0.1) is 6.61 Å². The van der Waals surface area contributed by atoms with Crippen LogP contribution in [0.5, 0.6) is 5.75 Å². The van der Waals surface area contributed by atoms with Crippen LogP contribution >= 0.6 is 0 Å². The van der Waals surface area contributed by atoms with Gasteiger partial charge in [-0.3, -0.25) is 0 Å². The number of esters is 1. The summed E-state index contributed by atoms with van der Waals surface area (Å²) in [5.74, 6) is -0.610. The van der Waals surface area contributed by atoms with Crippen LogP contribution in [0.2, 0.25) is 0 Å². The van der Waals surface area contributed by atoms with E-state index in [0.29, 0.717) is 5.56 Å². The molecule has 29 heavy (non-hydrogen) atoms. The minimum Gasteiger partial charge on any atom is -0.462 e. The summed E-state index contributed by atoms with van der Waals surface area (Å²) < 4.78 is 10.4. The first kappa shape index (κ1) is 22.5. The Morgan fingerprint density at radius 2 is 1.55 bits per heavy atom. The van der Waals surface area contributed by atoms with Crippen LogP contribution in [0.1, 0.15) is 70.0 Å². The highest BCUT2D eigenvalue weighted by Crippen LogP contribution is 2.46. The first-order chi connectivity index (χ1) is 13.4. The number of carbonyl (C=O) groups is 2. The number of carboxylic acid groups (broad SMARTS) is 1. The van der Waals surface area contributed by atoms with E-state index in [1.165, 1.54) is 0 Å². The van der Waals surface area contributed by atoms with Crippen molar-refractivity contribution in [3.05, 3.63) is 53.1 Å². The van der Waals surface area contributed by atoms with Gasteiger partial charge < -0.3 is 14.6 Å². The van der Waals surface area contributed by atoms with E-state index in [4.69, 9.17) is 9.47 Å². The Bertz CT molecular complexity index is 900. The fourth-order valence-electron chi connectivity index (χ4n) is 3.50. The van der Waals surface area contributed by atoms with Crippen LogP contribution < -0.4 is 4.74 Å². The van der Waals surface area contributed by atoms with Crippen LogP contribution in [0.4, 0.5) is 4.79 Å². The molecule has 0 aliphatic heterocycles. The number of hydrogen-bond donors (Lipinski definition) is 1. The summed E-state index contributed by atoms with van der Waals surface area (Å²) in [7, 11) is 0. The number of rotatable bonds is 4. The molecule has 0 amide bonds. The predicted molar refractivity (Wildman–Crippen MR) is 114 cm³/mol. The zero-order valence-corrected chi connectivity index (χ0v) is 18.3. The predicted octanol–water partition coefficient (Wildman–Crippen LogP) is 6.18. The van der Waals surface area contributed by atoms with Gasteiger partial charge in [-0.25, -0.2) is 9.59 Å². The molecule has 156 valence electrons. The Hall–Kier alpha value is -2.82. The lowest BCUT2D eigenvalue weighted by Gasteiger charge is -2.34. The van der Waals surface area contributed by atoms with Crippen molar-refractivity contribution in [1.29, 1.82) is 0 Å². The second kappa shape index (κ2) is 8.27. The zero-order chi connectivity index (χ0) is 22.0. The zero-order valence-electron chi connectivity index (χ0n) is 18.3. The smallest absolute Gasteiger partial charge is 0.462 e. The molecule has 2 aromatic carbocycles. The number of ether oxygens (including phenoxy) is 2. The van der Waals surface area contributed by atoms with Crippen LogP contribution in [0, 0.1) is 0 Å². The molecule has 2 aromatic rings. The standard InChI is InChI=1S/C24H30O5/c1-8-28-21(25)19-17(29-22(26)27)14-16(23(2,3)4)20(24(5,6)7)18(19)15-12-10-9-11-13-15/h9-14H,8H2,1-7H3,(H,26,27). The molecule has 2 rings (SSSR count). The SMILES string of the molecule is CCOC(=O)c1c(OC(=O)O)cc(C(C)(C)C)c(C(C)(C)C)c1-c1ccccc1. The van der Waals surface area contributed by atoms with Crippen molar-refractivity contribution < 1.29 is 24.2 Å². The average molecular weight is 398 g/mol. The highest BCUT2D eigenvalue weighted by atomic mass is 16.7. The van der Waals surface area contributed by atoms with E-state index >= 15 is 0 Å². The molecule has 0 aromatic heterocycles. The largest absolute Gasteiger partial charge is 0.511 e. The normalized spacial score (nSPS) is 11.8. The summed E-state index contributed by atoms with van der Waals surface area (Å²) >= 11 is 0. The fraction of sp³-hybridized carbons (Fsp3) is 0.417. The Morgan fingerprint density at radius 1 is 0.966 bits per heavy atom. The van der Waals surface area contributed by atoms with Gasteiger partial charge in [-0.15, -0.1) is 0 Å². The molecular weight excluding hydrogens is 368 g/mol. The summed E-state index contributed by atoms with van der Waals surface area (Å²) in [4.78, 5) is 24.4. The molecule has 0 heterocycles. The lowest BCUT2D eigenvalue weighted by atomic mass is 9.71. The third-order valence-electron chi connectivity index (χ3n) is 4.59. The molecule has 0 aliphatic carbocycles. The van der Waals surface area contributed by atoms with E-state index in [1.807, 2.05) is 30.3 Å². The third kappa shape index (κ3) is 4.97. The highest BCUT2D eigenvalue weighted by Gasteiger charge is 2.35. The molecule has 0 aliphatic rings. The van der Waals surface area contributed by atoms with Gasteiger partial charge in [-0.05, 0) is 40.5 Å². The van der Waals surface area contributed by atoms with Crippen molar-refractivity contribution in [2.24, 2.45) is 0 Å². The Kier molecular flexibility index (Phi) is 6.41. The molecule has 0 bridgehead atoms. The maximum Gasteiger partial charge on any atom is 0.511 e. The van der Waals surface area contributed by atoms with E-state index in [-0.39, 0.29) is 28.7 Å². The van der Waals surface area contributed by atoms with Gasteiger partial charge >= 0.3 is 12.1 Å². The number of benzene rings is 2. The molecule has 0 radical (unpaired) electrons. The van der Waals surface area contributed by atoms with Crippen molar-refractivity contribution in [3.8, 4) is 16.9 Å². The molecule has 0 atom stereocenters. The molecule has 0 spiro atoms. The van der Waals surface area contributed by atoms with E-state index in [9.17, 15) is 14.7 Å². The van der Waals surface area contributed by atoms with Gasteiger partial charge in [0.2, 0.25) is 0 Å². The lowest BCUT2D eigenvalue weighted by molar-refractivity contribution is 0.0523. The van der Waals surface area contributed by atoms with Crippen LogP contribution in [0.25, 0.3) is 11.1 Å². The van der Waals surface area contributed by atoms with Gasteiger partial charge in [0.15, 0.2) is 0 Å². The summed E-state index contributed by atoms with van der Waals surface area (Å²) in [6, 6.07) is 11.2. The summed E-state index contributed by atoms with van der Waals surface area (Å²) in [5, 5.41) is 9.31. The molecule has 0 unspecified atom stereocenters. The maximum absolute atomic E-state index is 13.0. The first-order valence-electron chi connectivity index (χ1n) is 9.73. The van der Waals surface area contributed by atoms with Crippen molar-refractivity contribution in [3.63, 3.8) is 0 Å². The minimum atomic E-state index is -1.47. The second-order valence-corrected chi connectivity index (χ2v) is 9.00. The maximum atomic E-state index is 13.0. The van der Waals surface area contributed by atoms with Crippen molar-refractivity contribution in [2.75, 3.05) is 6.61 Å². The molecule has 5 heteroatoms. The second-order valence-electron chi connectivity index (χ2n) is 9.00. The molecule has 0 saturated carbocycles. The minimum absolute atomic E-state index is 0.00673. The summed E-state index contributed by atoms with van der Waals surface area (Å²) in [6.07, 6.45) is -1.47. The number of hydrogen-bond acceptors (Lipinski definition) is 4. The Balaban J connectivity index is 3.11. The van der Waals surface area contributed by atoms with Crippen LogP contribution in [0.3, 0.4) is 0 Å². The van der Waals surface area contributed by atoms with Crippen molar-refractivity contribution in [2.45, 2.75) is 59.3 Å². The summed E-state index contributed by atoms with van der Waals surface area (Å²) in [6.45, 7) is 14.3. The van der Waals surface area contributed by atoms with Gasteiger partial charge in [-0.2, -0.15) is 0 Å². The molecule has 5 nitrogen and oxygen atoms in total. The monoisotopic (exact) mass is 398 g/mol. The average Bonchev–Trinajstić information content (AvgIpc) is 2.59. The molecule has 0 saturated heterocycles. The van der Waals surface area contributed by atoms with E-state index < -0.39 is 12.1 Å². The molecular formula is C24H30O5. The first-order valence-corrected chi connectivity index (χ1v) is 9.73. The van der Waals surface area contributed by atoms with Crippen molar-refractivity contribution in [1.82, 2.24) is 0 Å². The summed E-state index contributed by atoms with van der Waals surface area (Å²) in [5.41, 5.74) is 2.86. The molecule has 0 fully saturated rings. The quantitative estimate of drug-likeness (QED) is 0.491. The highest BCUT2D eigenvalue weighted by molar-refractivity contribution is 6.02. The van der Waals surface area contributed by atoms with E-state index in [2.05, 4.69) is 41.5 Å². The number of carbonyl (C=O) groups excluding carboxylic acids is 1. The molecule has 1 N–H and O–H groups in total. The van der Waals surface area contributed by atoms with Gasteiger partial charge in [-0.1, -0.05) is 71.9 Å². The van der Waals surface area contributed by atoms with Crippen LogP contribution in [-0.4, -0.2) is 23.8 Å². The Labute approximate surface area is 172 Å². The fourth-order valence-corrected chi connectivity index (χ4v) is 3.50. The van der Waals surface area contributed by atoms with Crippen molar-refractivity contribution >= 4 is 12.1 Å². The van der Waals surface area contributed by atoms with E-state index in [1.54, 1.807) is 13.0 Å². The van der Waals surface area contributed by atoms with Gasteiger partial charge in [0.25, 0.3) is 0 Å². The third-order valence-corrected chi connectivity index (χ3v) is 4.59. The van der Waals surface area contributed by atoms with Crippen LogP contribution in [-0.2, 0) is 15.6 Å². The van der Waals surface area contributed by atoms with Crippen LogP contribution in [0.15, 0.2) is 36.4 Å². The topological polar surface area (TPSA) is 72.8 Å². The Morgan fingerprint density at radius 3 is 2.00 bits per heavy atom. The van der Waals surface area contributed by atoms with Gasteiger partial charge in [0, 0.05) is 5.56 Å². The lowest BCUT2D eigenvalue weighted by Crippen LogP contribution is -2.26. The van der Waals surface area contributed by atoms with Gasteiger partial charge in [0.1, 0.15) is 11.3 Å².